The van der Waals surface area contributed by atoms with E-state index >= 15 is 0 Å². The molecule has 1 N–H and O–H groups in total. The molecule has 0 fully saturated rings. The normalized spacial score (nSPS) is 11.3. The van der Waals surface area contributed by atoms with Gasteiger partial charge in [-0.2, -0.15) is 0 Å². The van der Waals surface area contributed by atoms with Crippen LogP contribution in [-0.2, 0) is 7.05 Å². The molecule has 0 aliphatic heterocycles. The smallest absolute Gasteiger partial charge is 0.272 e. The summed E-state index contributed by atoms with van der Waals surface area (Å²) in [5.74, 6) is 0.408. The molecule has 0 saturated carbocycles. The molecule has 5 heteroatoms. The highest BCUT2D eigenvalue weighted by atomic mass is 35.5. The van der Waals surface area contributed by atoms with Gasteiger partial charge in [-0.05, 0) is 29.0 Å². The summed E-state index contributed by atoms with van der Waals surface area (Å²) >= 11 is 12.1. The van der Waals surface area contributed by atoms with Gasteiger partial charge in [-0.3, -0.25) is 4.79 Å². The van der Waals surface area contributed by atoms with Crippen LogP contribution in [0.25, 0.3) is 0 Å². The molecule has 0 saturated heterocycles. The number of carbonyl (C=O) groups excluding carboxylic acids is 1. The lowest BCUT2D eigenvalue weighted by Crippen LogP contribution is -2.18. The number of amides is 1. The topological polar surface area (TPSA) is 34.0 Å². The second-order valence-corrected chi connectivity index (χ2v) is 7.07. The van der Waals surface area contributed by atoms with E-state index < -0.39 is 0 Å². The van der Waals surface area contributed by atoms with Crippen LogP contribution in [0.1, 0.15) is 61.1 Å². The van der Waals surface area contributed by atoms with Gasteiger partial charge in [0.05, 0.1) is 5.02 Å². The monoisotopic (exact) mass is 352 g/mol. The molecule has 1 amide bonds. The third kappa shape index (κ3) is 3.56. The number of hydrogen-bond acceptors (Lipinski definition) is 1. The van der Waals surface area contributed by atoms with E-state index in [2.05, 4.69) is 45.1 Å². The fourth-order valence-electron chi connectivity index (χ4n) is 2.63. The SMILES string of the molecule is CC(C)c1cccc(C(C)C)c1NC(=O)c1cc(Cl)c(Cl)n1C. The van der Waals surface area contributed by atoms with Crippen molar-refractivity contribution >= 4 is 34.8 Å². The maximum absolute atomic E-state index is 12.7. The van der Waals surface area contributed by atoms with Gasteiger partial charge in [-0.25, -0.2) is 0 Å². The van der Waals surface area contributed by atoms with Crippen LogP contribution in [0.15, 0.2) is 24.3 Å². The zero-order valence-corrected chi connectivity index (χ0v) is 15.6. The predicted octanol–water partition coefficient (Wildman–Crippen LogP) is 5.83. The molecule has 23 heavy (non-hydrogen) atoms. The first-order valence-electron chi connectivity index (χ1n) is 7.68. The largest absolute Gasteiger partial charge is 0.329 e. The molecular formula is C18H22Cl2N2O. The highest BCUT2D eigenvalue weighted by molar-refractivity contribution is 6.42. The Morgan fingerprint density at radius 1 is 1.09 bits per heavy atom. The van der Waals surface area contributed by atoms with Crippen LogP contribution in [0.5, 0.6) is 0 Å². The Bertz CT molecular complexity index is 707. The van der Waals surface area contributed by atoms with Crippen molar-refractivity contribution in [1.82, 2.24) is 4.57 Å². The molecule has 124 valence electrons. The average molecular weight is 353 g/mol. The van der Waals surface area contributed by atoms with Gasteiger partial charge in [0.2, 0.25) is 0 Å². The highest BCUT2D eigenvalue weighted by Crippen LogP contribution is 2.33. The third-order valence-corrected chi connectivity index (χ3v) is 4.80. The zero-order valence-electron chi connectivity index (χ0n) is 14.1. The van der Waals surface area contributed by atoms with Gasteiger partial charge in [0.1, 0.15) is 10.8 Å². The third-order valence-electron chi connectivity index (χ3n) is 3.96. The van der Waals surface area contributed by atoms with Gasteiger partial charge in [0.15, 0.2) is 0 Å². The number of benzene rings is 1. The average Bonchev–Trinajstić information content (AvgIpc) is 2.74. The number of nitrogens with one attached hydrogen (secondary N) is 1. The van der Waals surface area contributed by atoms with Crippen molar-refractivity contribution in [2.75, 3.05) is 5.32 Å². The summed E-state index contributed by atoms with van der Waals surface area (Å²) in [5.41, 5.74) is 3.57. The summed E-state index contributed by atoms with van der Waals surface area (Å²) in [6, 6.07) is 7.73. The number of aromatic nitrogens is 1. The molecule has 1 aromatic heterocycles. The first-order chi connectivity index (χ1) is 10.7. The fraction of sp³-hybridized carbons (Fsp3) is 0.389. The minimum absolute atomic E-state index is 0.212. The van der Waals surface area contributed by atoms with Crippen molar-refractivity contribution in [3.8, 4) is 0 Å². The number of rotatable bonds is 4. The van der Waals surface area contributed by atoms with E-state index in [4.69, 9.17) is 23.2 Å². The van der Waals surface area contributed by atoms with E-state index in [-0.39, 0.29) is 5.91 Å². The van der Waals surface area contributed by atoms with Crippen molar-refractivity contribution in [2.45, 2.75) is 39.5 Å². The summed E-state index contributed by atoms with van der Waals surface area (Å²) in [5, 5.41) is 3.80. The quantitative estimate of drug-likeness (QED) is 0.737. The first-order valence-corrected chi connectivity index (χ1v) is 8.44. The molecule has 0 unspecified atom stereocenters. The molecule has 1 aromatic carbocycles. The summed E-state index contributed by atoms with van der Waals surface area (Å²) < 4.78 is 1.59. The van der Waals surface area contributed by atoms with Crippen molar-refractivity contribution in [3.63, 3.8) is 0 Å². The maximum atomic E-state index is 12.7. The van der Waals surface area contributed by atoms with Crippen LogP contribution >= 0.6 is 23.2 Å². The number of halogens is 2. The van der Waals surface area contributed by atoms with Gasteiger partial charge in [0.25, 0.3) is 5.91 Å². The van der Waals surface area contributed by atoms with Crippen LogP contribution in [0.4, 0.5) is 5.69 Å². The molecule has 0 aliphatic carbocycles. The second-order valence-electron chi connectivity index (χ2n) is 6.30. The van der Waals surface area contributed by atoms with E-state index in [9.17, 15) is 4.79 Å². The summed E-state index contributed by atoms with van der Waals surface area (Å²) in [6.07, 6.45) is 0. The van der Waals surface area contributed by atoms with Crippen LogP contribution < -0.4 is 5.32 Å². The molecule has 1 heterocycles. The molecule has 3 nitrogen and oxygen atoms in total. The number of para-hydroxylation sites is 1. The van der Waals surface area contributed by atoms with E-state index in [1.54, 1.807) is 17.7 Å². The maximum Gasteiger partial charge on any atom is 0.272 e. The Morgan fingerprint density at radius 2 is 1.61 bits per heavy atom. The molecule has 2 aromatic rings. The lowest BCUT2D eigenvalue weighted by atomic mass is 9.92. The summed E-state index contributed by atoms with van der Waals surface area (Å²) in [7, 11) is 1.72. The van der Waals surface area contributed by atoms with Crippen LogP contribution in [0, 0.1) is 0 Å². The Morgan fingerprint density at radius 3 is 2.00 bits per heavy atom. The Kier molecular flexibility index (Phi) is 5.43. The van der Waals surface area contributed by atoms with E-state index in [0.717, 1.165) is 16.8 Å². The zero-order chi connectivity index (χ0) is 17.3. The minimum atomic E-state index is -0.212. The van der Waals surface area contributed by atoms with Gasteiger partial charge < -0.3 is 9.88 Å². The van der Waals surface area contributed by atoms with Gasteiger partial charge in [0, 0.05) is 12.7 Å². The second kappa shape index (κ2) is 6.98. The molecule has 0 atom stereocenters. The lowest BCUT2D eigenvalue weighted by Gasteiger charge is -2.20. The minimum Gasteiger partial charge on any atom is -0.329 e. The van der Waals surface area contributed by atoms with Crippen molar-refractivity contribution in [2.24, 2.45) is 7.05 Å². The Hall–Kier alpha value is -1.45. The van der Waals surface area contributed by atoms with Crippen molar-refractivity contribution in [1.29, 1.82) is 0 Å². The molecule has 0 radical (unpaired) electrons. The lowest BCUT2D eigenvalue weighted by molar-refractivity contribution is 0.101. The Labute approximate surface area is 147 Å². The summed E-state index contributed by atoms with van der Waals surface area (Å²) in [4.78, 5) is 12.7. The number of hydrogen-bond donors (Lipinski definition) is 1. The van der Waals surface area contributed by atoms with Gasteiger partial charge >= 0.3 is 0 Å². The molecule has 0 spiro atoms. The number of anilines is 1. The molecule has 2 rings (SSSR count). The van der Waals surface area contributed by atoms with Crippen LogP contribution in [-0.4, -0.2) is 10.5 Å². The number of carbonyl (C=O) groups is 1. The summed E-state index contributed by atoms with van der Waals surface area (Å²) in [6.45, 7) is 8.47. The van der Waals surface area contributed by atoms with Gasteiger partial charge in [-0.15, -0.1) is 0 Å². The van der Waals surface area contributed by atoms with E-state index in [0.29, 0.717) is 27.7 Å². The predicted molar refractivity (Wildman–Crippen MR) is 98.0 cm³/mol. The molecular weight excluding hydrogens is 331 g/mol. The molecule has 0 aliphatic rings. The first kappa shape index (κ1) is 17.9. The van der Waals surface area contributed by atoms with Crippen LogP contribution in [0.3, 0.4) is 0 Å². The van der Waals surface area contributed by atoms with E-state index in [1.807, 2.05) is 6.07 Å². The van der Waals surface area contributed by atoms with Gasteiger partial charge in [-0.1, -0.05) is 69.1 Å². The fourth-order valence-corrected chi connectivity index (χ4v) is 3.01. The number of nitrogens with zero attached hydrogens (tertiary/aromatic N) is 1. The van der Waals surface area contributed by atoms with E-state index in [1.165, 1.54) is 0 Å². The highest BCUT2D eigenvalue weighted by Gasteiger charge is 2.20. The van der Waals surface area contributed by atoms with Crippen LogP contribution in [0.2, 0.25) is 10.2 Å². The Balaban J connectivity index is 2.46. The molecule has 0 bridgehead atoms. The standard InChI is InChI=1S/C18H22Cl2N2O/c1-10(2)12-7-6-8-13(11(3)4)16(12)21-18(23)15-9-14(19)17(20)22(15)5/h6-11H,1-5H3,(H,21,23). The van der Waals surface area contributed by atoms with Crippen molar-refractivity contribution in [3.05, 3.63) is 51.3 Å². The van der Waals surface area contributed by atoms with Crippen molar-refractivity contribution < 1.29 is 4.79 Å².